The summed E-state index contributed by atoms with van der Waals surface area (Å²) >= 11 is 0. The largest absolute Gasteiger partial charge is 0.381 e. The summed E-state index contributed by atoms with van der Waals surface area (Å²) < 4.78 is 5.39. The van der Waals surface area contributed by atoms with E-state index in [2.05, 4.69) is 19.2 Å². The van der Waals surface area contributed by atoms with Gasteiger partial charge in [-0.15, -0.1) is 0 Å². The van der Waals surface area contributed by atoms with Gasteiger partial charge in [0.2, 0.25) is 0 Å². The molecule has 1 heterocycles. The molecule has 72 valence electrons. The van der Waals surface area contributed by atoms with Crippen LogP contribution in [0, 0.1) is 5.92 Å². The number of hydrogen-bond acceptors (Lipinski definition) is 2. The van der Waals surface area contributed by atoms with Gasteiger partial charge in [0.05, 0.1) is 6.61 Å². The van der Waals surface area contributed by atoms with Crippen molar-refractivity contribution in [1.29, 1.82) is 0 Å². The van der Waals surface area contributed by atoms with Gasteiger partial charge in [-0.3, -0.25) is 0 Å². The molecule has 0 saturated carbocycles. The van der Waals surface area contributed by atoms with E-state index in [0.29, 0.717) is 6.04 Å². The highest BCUT2D eigenvalue weighted by atomic mass is 16.5. The minimum atomic E-state index is 0.697. The van der Waals surface area contributed by atoms with Crippen LogP contribution in [-0.2, 0) is 4.74 Å². The third-order valence-electron chi connectivity index (χ3n) is 2.60. The van der Waals surface area contributed by atoms with E-state index in [-0.39, 0.29) is 0 Å². The molecule has 1 fully saturated rings. The third kappa shape index (κ3) is 2.76. The van der Waals surface area contributed by atoms with Crippen LogP contribution >= 0.6 is 0 Å². The molecule has 0 bridgehead atoms. The van der Waals surface area contributed by atoms with E-state index in [1.54, 1.807) is 0 Å². The molecule has 2 atom stereocenters. The Kier molecular flexibility index (Phi) is 4.62. The molecular weight excluding hydrogens is 150 g/mol. The SMILES string of the molecule is CCCC(NCC)C1CCOC1. The minimum Gasteiger partial charge on any atom is -0.381 e. The first kappa shape index (κ1) is 10.0. The summed E-state index contributed by atoms with van der Waals surface area (Å²) in [5.74, 6) is 0.768. The van der Waals surface area contributed by atoms with Gasteiger partial charge in [0.1, 0.15) is 0 Å². The Balaban J connectivity index is 2.29. The predicted octanol–water partition coefficient (Wildman–Crippen LogP) is 1.80. The zero-order valence-electron chi connectivity index (χ0n) is 8.31. The number of ether oxygens (including phenoxy) is 1. The first-order valence-corrected chi connectivity index (χ1v) is 5.19. The molecule has 1 N–H and O–H groups in total. The van der Waals surface area contributed by atoms with Crippen LogP contribution in [0.15, 0.2) is 0 Å². The molecule has 2 nitrogen and oxygen atoms in total. The van der Waals surface area contributed by atoms with Gasteiger partial charge in [0.15, 0.2) is 0 Å². The standard InChI is InChI=1S/C10H21NO/c1-3-5-10(11-4-2)9-6-7-12-8-9/h9-11H,3-8H2,1-2H3. The minimum absolute atomic E-state index is 0.697. The first-order valence-electron chi connectivity index (χ1n) is 5.19. The van der Waals surface area contributed by atoms with Gasteiger partial charge >= 0.3 is 0 Å². The highest BCUT2D eigenvalue weighted by Gasteiger charge is 2.23. The summed E-state index contributed by atoms with van der Waals surface area (Å²) in [7, 11) is 0. The van der Waals surface area contributed by atoms with E-state index < -0.39 is 0 Å². The van der Waals surface area contributed by atoms with Gasteiger partial charge < -0.3 is 10.1 Å². The third-order valence-corrected chi connectivity index (χ3v) is 2.60. The Morgan fingerprint density at radius 3 is 2.83 bits per heavy atom. The van der Waals surface area contributed by atoms with Crippen LogP contribution in [-0.4, -0.2) is 25.8 Å². The summed E-state index contributed by atoms with van der Waals surface area (Å²) in [6, 6.07) is 0.697. The van der Waals surface area contributed by atoms with Crippen LogP contribution in [0.25, 0.3) is 0 Å². The zero-order valence-corrected chi connectivity index (χ0v) is 8.31. The van der Waals surface area contributed by atoms with E-state index in [9.17, 15) is 0 Å². The predicted molar refractivity (Wildman–Crippen MR) is 51.3 cm³/mol. The van der Waals surface area contributed by atoms with Gasteiger partial charge in [-0.2, -0.15) is 0 Å². The second-order valence-electron chi connectivity index (χ2n) is 3.58. The average Bonchev–Trinajstić information content (AvgIpc) is 2.56. The normalized spacial score (nSPS) is 26.0. The van der Waals surface area contributed by atoms with Gasteiger partial charge in [-0.1, -0.05) is 20.3 Å². The highest BCUT2D eigenvalue weighted by molar-refractivity contribution is 4.78. The zero-order chi connectivity index (χ0) is 8.81. The number of nitrogens with one attached hydrogen (secondary N) is 1. The molecule has 2 heteroatoms. The molecule has 1 aliphatic rings. The van der Waals surface area contributed by atoms with Crippen molar-refractivity contribution < 1.29 is 4.74 Å². The fourth-order valence-electron chi connectivity index (χ4n) is 1.95. The Hall–Kier alpha value is -0.0800. The molecule has 1 saturated heterocycles. The van der Waals surface area contributed by atoms with Crippen molar-refractivity contribution in [3.63, 3.8) is 0 Å². The molecule has 0 radical (unpaired) electrons. The molecule has 12 heavy (non-hydrogen) atoms. The monoisotopic (exact) mass is 171 g/mol. The van der Waals surface area contributed by atoms with E-state index in [1.807, 2.05) is 0 Å². The molecule has 2 unspecified atom stereocenters. The second-order valence-corrected chi connectivity index (χ2v) is 3.58. The van der Waals surface area contributed by atoms with E-state index in [1.165, 1.54) is 19.3 Å². The lowest BCUT2D eigenvalue weighted by Gasteiger charge is -2.22. The Bertz CT molecular complexity index is 104. The summed E-state index contributed by atoms with van der Waals surface area (Å²) in [6.07, 6.45) is 3.81. The number of hydrogen-bond donors (Lipinski definition) is 1. The van der Waals surface area contributed by atoms with Crippen molar-refractivity contribution >= 4 is 0 Å². The molecular formula is C10H21NO. The van der Waals surface area contributed by atoms with E-state index in [4.69, 9.17) is 4.74 Å². The van der Waals surface area contributed by atoms with Crippen LogP contribution < -0.4 is 5.32 Å². The lowest BCUT2D eigenvalue weighted by molar-refractivity contribution is 0.175. The molecule has 0 aromatic carbocycles. The van der Waals surface area contributed by atoms with Gasteiger partial charge in [0, 0.05) is 12.6 Å². The lowest BCUT2D eigenvalue weighted by Crippen LogP contribution is -2.36. The molecule has 0 amide bonds. The van der Waals surface area contributed by atoms with Crippen LogP contribution in [0.4, 0.5) is 0 Å². The van der Waals surface area contributed by atoms with Crippen molar-refractivity contribution in [3.05, 3.63) is 0 Å². The van der Waals surface area contributed by atoms with Gasteiger partial charge in [-0.25, -0.2) is 0 Å². The maximum atomic E-state index is 5.39. The summed E-state index contributed by atoms with van der Waals surface area (Å²) in [5.41, 5.74) is 0. The summed E-state index contributed by atoms with van der Waals surface area (Å²) in [4.78, 5) is 0. The van der Waals surface area contributed by atoms with Gasteiger partial charge in [-0.05, 0) is 25.3 Å². The van der Waals surface area contributed by atoms with Crippen LogP contribution in [0.5, 0.6) is 0 Å². The molecule has 0 aromatic heterocycles. The van der Waals surface area contributed by atoms with Crippen molar-refractivity contribution in [3.8, 4) is 0 Å². The molecule has 1 rings (SSSR count). The molecule has 0 aliphatic carbocycles. The average molecular weight is 171 g/mol. The highest BCUT2D eigenvalue weighted by Crippen LogP contribution is 2.19. The molecule has 0 aromatic rings. The van der Waals surface area contributed by atoms with E-state index in [0.717, 1.165) is 25.7 Å². The maximum Gasteiger partial charge on any atom is 0.0510 e. The fourth-order valence-corrected chi connectivity index (χ4v) is 1.95. The van der Waals surface area contributed by atoms with Crippen molar-refractivity contribution in [1.82, 2.24) is 5.32 Å². The Labute approximate surface area is 75.7 Å². The summed E-state index contributed by atoms with van der Waals surface area (Å²) in [5, 5.41) is 3.55. The topological polar surface area (TPSA) is 21.3 Å². The van der Waals surface area contributed by atoms with Crippen LogP contribution in [0.3, 0.4) is 0 Å². The van der Waals surface area contributed by atoms with Crippen LogP contribution in [0.2, 0.25) is 0 Å². The van der Waals surface area contributed by atoms with Crippen molar-refractivity contribution in [2.24, 2.45) is 5.92 Å². The Morgan fingerprint density at radius 2 is 2.33 bits per heavy atom. The quantitative estimate of drug-likeness (QED) is 0.681. The van der Waals surface area contributed by atoms with Crippen molar-refractivity contribution in [2.75, 3.05) is 19.8 Å². The Morgan fingerprint density at radius 1 is 1.50 bits per heavy atom. The lowest BCUT2D eigenvalue weighted by atomic mass is 9.95. The van der Waals surface area contributed by atoms with Crippen LogP contribution in [0.1, 0.15) is 33.1 Å². The maximum absolute atomic E-state index is 5.39. The number of rotatable bonds is 5. The van der Waals surface area contributed by atoms with Crippen molar-refractivity contribution in [2.45, 2.75) is 39.2 Å². The second kappa shape index (κ2) is 5.55. The first-order chi connectivity index (χ1) is 5.88. The smallest absolute Gasteiger partial charge is 0.0510 e. The fraction of sp³-hybridized carbons (Fsp3) is 1.00. The summed E-state index contributed by atoms with van der Waals surface area (Å²) in [6.45, 7) is 7.45. The van der Waals surface area contributed by atoms with Gasteiger partial charge in [0.25, 0.3) is 0 Å². The molecule has 0 spiro atoms. The molecule has 1 aliphatic heterocycles. The van der Waals surface area contributed by atoms with E-state index >= 15 is 0 Å².